The molecule has 2 fully saturated rings. The molecule has 3 rings (SSSR count). The van der Waals surface area contributed by atoms with Crippen LogP contribution in [-0.2, 0) is 11.8 Å². The fourth-order valence-corrected chi connectivity index (χ4v) is 4.83. The van der Waals surface area contributed by atoms with Crippen LogP contribution in [0.4, 0.5) is 0 Å². The maximum atomic E-state index is 10.7. The summed E-state index contributed by atoms with van der Waals surface area (Å²) in [6.07, 6.45) is 5.76. The number of aliphatic hydroxyl groups excluding tert-OH is 1. The predicted octanol–water partition coefficient (Wildman–Crippen LogP) is 2.45. The monoisotopic (exact) mass is 296 g/mol. The van der Waals surface area contributed by atoms with Crippen molar-refractivity contribution in [1.82, 2.24) is 9.78 Å². The largest absolute Gasteiger partial charge is 0.388 e. The molecule has 1 aromatic heterocycles. The van der Waals surface area contributed by atoms with Gasteiger partial charge in [-0.2, -0.15) is 16.9 Å². The van der Waals surface area contributed by atoms with Gasteiger partial charge in [0.25, 0.3) is 0 Å². The first kappa shape index (κ1) is 14.4. The van der Waals surface area contributed by atoms with Gasteiger partial charge in [-0.05, 0) is 50.0 Å². The van der Waals surface area contributed by atoms with Gasteiger partial charge in [0.2, 0.25) is 0 Å². The Morgan fingerprint density at radius 1 is 1.50 bits per heavy atom. The molecule has 0 radical (unpaired) electrons. The van der Waals surface area contributed by atoms with Crippen molar-refractivity contribution in [2.75, 3.05) is 18.1 Å². The molecular formula is C15H24N2O2S. The number of ether oxygens (including phenoxy) is 1. The summed E-state index contributed by atoms with van der Waals surface area (Å²) in [4.78, 5) is 0. The Morgan fingerprint density at radius 3 is 2.90 bits per heavy atom. The Bertz CT molecular complexity index is 463. The highest BCUT2D eigenvalue weighted by molar-refractivity contribution is 7.99. The van der Waals surface area contributed by atoms with Gasteiger partial charge in [-0.1, -0.05) is 0 Å². The normalized spacial score (nSPS) is 27.6. The predicted molar refractivity (Wildman–Crippen MR) is 80.9 cm³/mol. The van der Waals surface area contributed by atoms with Crippen molar-refractivity contribution in [2.24, 2.45) is 13.0 Å². The highest BCUT2D eigenvalue weighted by Gasteiger charge is 2.41. The zero-order valence-electron chi connectivity index (χ0n) is 12.3. The highest BCUT2D eigenvalue weighted by atomic mass is 32.2. The summed E-state index contributed by atoms with van der Waals surface area (Å²) in [6, 6.07) is 0. The zero-order valence-corrected chi connectivity index (χ0v) is 13.2. The lowest BCUT2D eigenvalue weighted by atomic mass is 9.78. The third-order valence-electron chi connectivity index (χ3n) is 4.75. The summed E-state index contributed by atoms with van der Waals surface area (Å²) in [6.45, 7) is 2.76. The lowest BCUT2D eigenvalue weighted by Crippen LogP contribution is -2.44. The van der Waals surface area contributed by atoms with E-state index >= 15 is 0 Å². The fourth-order valence-electron chi connectivity index (χ4n) is 3.59. The molecule has 20 heavy (non-hydrogen) atoms. The maximum absolute atomic E-state index is 10.7. The molecule has 2 unspecified atom stereocenters. The van der Waals surface area contributed by atoms with Gasteiger partial charge >= 0.3 is 0 Å². The SMILES string of the molecule is Cc1nn(C)cc1C(O)C1CCOC2(CCSCC2)C1. The molecule has 0 aliphatic carbocycles. The molecule has 2 saturated heterocycles. The lowest BCUT2D eigenvalue weighted by Gasteiger charge is -2.44. The van der Waals surface area contributed by atoms with Gasteiger partial charge in [-0.25, -0.2) is 0 Å². The number of hydrogen-bond acceptors (Lipinski definition) is 4. The molecule has 0 aromatic carbocycles. The van der Waals surface area contributed by atoms with E-state index in [1.807, 2.05) is 31.9 Å². The van der Waals surface area contributed by atoms with Gasteiger partial charge in [0.15, 0.2) is 0 Å². The average Bonchev–Trinajstić information content (AvgIpc) is 2.78. The maximum Gasteiger partial charge on any atom is 0.0853 e. The van der Waals surface area contributed by atoms with Crippen LogP contribution >= 0.6 is 11.8 Å². The second-order valence-electron chi connectivity index (χ2n) is 6.19. The summed E-state index contributed by atoms with van der Waals surface area (Å²) in [5.74, 6) is 2.68. The van der Waals surface area contributed by atoms with Gasteiger partial charge in [0.1, 0.15) is 0 Å². The van der Waals surface area contributed by atoms with Crippen molar-refractivity contribution >= 4 is 11.8 Å². The number of aryl methyl sites for hydroxylation is 2. The van der Waals surface area contributed by atoms with Crippen molar-refractivity contribution in [3.05, 3.63) is 17.5 Å². The number of nitrogens with zero attached hydrogens (tertiary/aromatic N) is 2. The third-order valence-corrected chi connectivity index (χ3v) is 5.74. The van der Waals surface area contributed by atoms with Crippen LogP contribution in [0, 0.1) is 12.8 Å². The lowest BCUT2D eigenvalue weighted by molar-refractivity contribution is -0.121. The second kappa shape index (κ2) is 5.70. The van der Waals surface area contributed by atoms with Crippen LogP contribution in [0.25, 0.3) is 0 Å². The summed E-state index contributed by atoms with van der Waals surface area (Å²) < 4.78 is 7.90. The molecule has 1 spiro atoms. The summed E-state index contributed by atoms with van der Waals surface area (Å²) in [7, 11) is 1.91. The zero-order chi connectivity index (χ0) is 14.2. The van der Waals surface area contributed by atoms with Gasteiger partial charge in [0.05, 0.1) is 17.4 Å². The molecule has 5 heteroatoms. The molecule has 3 heterocycles. The van der Waals surface area contributed by atoms with E-state index in [0.717, 1.165) is 43.5 Å². The van der Waals surface area contributed by atoms with Crippen molar-refractivity contribution in [3.8, 4) is 0 Å². The Labute approximate surface area is 124 Å². The van der Waals surface area contributed by atoms with Gasteiger partial charge in [-0.15, -0.1) is 0 Å². The topological polar surface area (TPSA) is 47.3 Å². The fraction of sp³-hybridized carbons (Fsp3) is 0.800. The van der Waals surface area contributed by atoms with E-state index in [4.69, 9.17) is 4.74 Å². The average molecular weight is 296 g/mol. The van der Waals surface area contributed by atoms with Crippen LogP contribution in [0.1, 0.15) is 43.0 Å². The van der Waals surface area contributed by atoms with E-state index in [2.05, 4.69) is 5.10 Å². The molecule has 0 saturated carbocycles. The van der Waals surface area contributed by atoms with E-state index in [1.54, 1.807) is 4.68 Å². The molecule has 112 valence electrons. The number of hydrogen-bond donors (Lipinski definition) is 1. The Balaban J connectivity index is 1.74. The quantitative estimate of drug-likeness (QED) is 0.910. The minimum Gasteiger partial charge on any atom is -0.388 e. The molecule has 0 bridgehead atoms. The first-order valence-corrected chi connectivity index (χ1v) is 8.65. The minimum absolute atomic E-state index is 0.0330. The minimum atomic E-state index is -0.404. The highest BCUT2D eigenvalue weighted by Crippen LogP contribution is 2.43. The number of thioether (sulfide) groups is 1. The molecule has 4 nitrogen and oxygen atoms in total. The van der Waals surface area contributed by atoms with Crippen molar-refractivity contribution in [3.63, 3.8) is 0 Å². The standard InChI is InChI=1S/C15H24N2O2S/c1-11-13(10-17(2)16-11)14(18)12-3-6-19-15(9-12)4-7-20-8-5-15/h10,12,14,18H,3-9H2,1-2H3. The Hall–Kier alpha value is -0.520. The molecular weight excluding hydrogens is 272 g/mol. The summed E-state index contributed by atoms with van der Waals surface area (Å²) >= 11 is 2.02. The van der Waals surface area contributed by atoms with Crippen LogP contribution in [0.3, 0.4) is 0 Å². The van der Waals surface area contributed by atoms with Gasteiger partial charge < -0.3 is 9.84 Å². The van der Waals surface area contributed by atoms with Crippen LogP contribution in [0.5, 0.6) is 0 Å². The van der Waals surface area contributed by atoms with Gasteiger partial charge in [0, 0.05) is 25.4 Å². The Kier molecular flexibility index (Phi) is 4.11. The first-order chi connectivity index (χ1) is 9.60. The van der Waals surface area contributed by atoms with Crippen LogP contribution in [0.15, 0.2) is 6.20 Å². The summed E-state index contributed by atoms with van der Waals surface area (Å²) in [5, 5.41) is 15.1. The number of aromatic nitrogens is 2. The molecule has 2 aliphatic heterocycles. The van der Waals surface area contributed by atoms with Crippen molar-refractivity contribution in [1.29, 1.82) is 0 Å². The van der Waals surface area contributed by atoms with Crippen LogP contribution in [-0.4, -0.2) is 38.6 Å². The molecule has 1 N–H and O–H groups in total. The van der Waals surface area contributed by atoms with Crippen LogP contribution < -0.4 is 0 Å². The van der Waals surface area contributed by atoms with E-state index in [1.165, 1.54) is 11.5 Å². The first-order valence-electron chi connectivity index (χ1n) is 7.50. The smallest absolute Gasteiger partial charge is 0.0853 e. The molecule has 1 aromatic rings. The van der Waals surface area contributed by atoms with E-state index in [-0.39, 0.29) is 5.60 Å². The summed E-state index contributed by atoms with van der Waals surface area (Å²) in [5.41, 5.74) is 1.96. The molecule has 2 atom stereocenters. The second-order valence-corrected chi connectivity index (χ2v) is 7.41. The van der Waals surface area contributed by atoms with Crippen LogP contribution in [0.2, 0.25) is 0 Å². The van der Waals surface area contributed by atoms with E-state index in [9.17, 15) is 5.11 Å². The van der Waals surface area contributed by atoms with Gasteiger partial charge in [-0.3, -0.25) is 4.68 Å². The van der Waals surface area contributed by atoms with Crippen molar-refractivity contribution < 1.29 is 9.84 Å². The number of aliphatic hydroxyl groups is 1. The van der Waals surface area contributed by atoms with Crippen molar-refractivity contribution in [2.45, 2.75) is 44.3 Å². The Morgan fingerprint density at radius 2 is 2.25 bits per heavy atom. The van der Waals surface area contributed by atoms with E-state index in [0.29, 0.717) is 5.92 Å². The van der Waals surface area contributed by atoms with E-state index < -0.39 is 6.10 Å². The number of rotatable bonds is 2. The molecule has 0 amide bonds. The molecule has 2 aliphatic rings. The third kappa shape index (κ3) is 2.76.